The molecule has 1 fully saturated rings. The third-order valence-corrected chi connectivity index (χ3v) is 2.77. The minimum absolute atomic E-state index is 0.310. The van der Waals surface area contributed by atoms with Crippen LogP contribution in [0.15, 0.2) is 0 Å². The summed E-state index contributed by atoms with van der Waals surface area (Å²) in [7, 11) is 0. The molecule has 1 aliphatic rings. The third kappa shape index (κ3) is 2.46. The third-order valence-electron chi connectivity index (χ3n) is 2.77. The number of hydrogen-bond donors (Lipinski definition) is 1. The molecule has 0 saturated carbocycles. The van der Waals surface area contributed by atoms with Crippen molar-refractivity contribution in [2.24, 2.45) is 5.92 Å². The molecule has 0 aliphatic carbocycles. The van der Waals surface area contributed by atoms with Crippen molar-refractivity contribution in [3.05, 3.63) is 0 Å². The van der Waals surface area contributed by atoms with E-state index in [9.17, 15) is 0 Å². The summed E-state index contributed by atoms with van der Waals surface area (Å²) in [4.78, 5) is 2.51. The first kappa shape index (κ1) is 10.0. The van der Waals surface area contributed by atoms with E-state index in [1.54, 1.807) is 0 Å². The van der Waals surface area contributed by atoms with E-state index in [0.717, 1.165) is 12.3 Å². The van der Waals surface area contributed by atoms with E-state index in [4.69, 9.17) is 5.11 Å². The number of nitrogens with zero attached hydrogens (tertiary/aromatic N) is 1. The Hall–Kier alpha value is -0.0800. The molecule has 1 N–H and O–H groups in total. The maximum absolute atomic E-state index is 8.80. The lowest BCUT2D eigenvalue weighted by Crippen LogP contribution is -2.39. The maximum Gasteiger partial charge on any atom is 0.0434 e. The predicted molar refractivity (Wildman–Crippen MR) is 51.1 cm³/mol. The zero-order chi connectivity index (χ0) is 9.19. The van der Waals surface area contributed by atoms with Crippen molar-refractivity contribution in [3.63, 3.8) is 0 Å². The second-order valence-corrected chi connectivity index (χ2v) is 4.78. The van der Waals surface area contributed by atoms with Crippen LogP contribution in [0.25, 0.3) is 0 Å². The van der Waals surface area contributed by atoms with Crippen molar-refractivity contribution in [2.75, 3.05) is 19.7 Å². The first-order valence-corrected chi connectivity index (χ1v) is 4.90. The van der Waals surface area contributed by atoms with E-state index < -0.39 is 0 Å². The van der Waals surface area contributed by atoms with Crippen molar-refractivity contribution in [3.8, 4) is 0 Å². The predicted octanol–water partition coefficient (Wildman–Crippen LogP) is 1.49. The lowest BCUT2D eigenvalue weighted by Gasteiger charge is -2.31. The molecule has 2 heteroatoms. The van der Waals surface area contributed by atoms with Crippen molar-refractivity contribution >= 4 is 0 Å². The van der Waals surface area contributed by atoms with Crippen LogP contribution in [-0.4, -0.2) is 35.2 Å². The summed E-state index contributed by atoms with van der Waals surface area (Å²) in [6.07, 6.45) is 2.24. The Kier molecular flexibility index (Phi) is 3.13. The highest BCUT2D eigenvalue weighted by Crippen LogP contribution is 2.25. The maximum atomic E-state index is 8.80. The van der Waals surface area contributed by atoms with Gasteiger partial charge >= 0.3 is 0 Å². The number of hydrogen-bond acceptors (Lipinski definition) is 2. The molecule has 12 heavy (non-hydrogen) atoms. The standard InChI is InChI=1S/C10H21NO/c1-10(2,3)11-6-4-9(8-11)5-7-12/h9,12H,4-8H2,1-3H3/t9-/m1/s1. The highest BCUT2D eigenvalue weighted by atomic mass is 16.3. The van der Waals surface area contributed by atoms with Gasteiger partial charge in [-0.2, -0.15) is 0 Å². The fourth-order valence-electron chi connectivity index (χ4n) is 1.86. The summed E-state index contributed by atoms with van der Waals surface area (Å²) < 4.78 is 0. The Morgan fingerprint density at radius 1 is 1.42 bits per heavy atom. The monoisotopic (exact) mass is 171 g/mol. The van der Waals surface area contributed by atoms with Gasteiger partial charge in [-0.1, -0.05) is 0 Å². The van der Waals surface area contributed by atoms with Gasteiger partial charge in [0.1, 0.15) is 0 Å². The SMILES string of the molecule is CC(C)(C)N1CC[C@H](CCO)C1. The number of aliphatic hydroxyl groups is 1. The van der Waals surface area contributed by atoms with Crippen LogP contribution in [0.3, 0.4) is 0 Å². The normalized spacial score (nSPS) is 26.5. The van der Waals surface area contributed by atoms with Gasteiger partial charge in [-0.3, -0.25) is 4.90 Å². The molecule has 0 amide bonds. The highest BCUT2D eigenvalue weighted by Gasteiger charge is 2.29. The molecule has 0 aromatic carbocycles. The average Bonchev–Trinajstić information content (AvgIpc) is 2.35. The van der Waals surface area contributed by atoms with Crippen LogP contribution in [-0.2, 0) is 0 Å². The highest BCUT2D eigenvalue weighted by molar-refractivity contribution is 4.84. The van der Waals surface area contributed by atoms with Gasteiger partial charge in [0.15, 0.2) is 0 Å². The van der Waals surface area contributed by atoms with E-state index in [0.29, 0.717) is 12.1 Å². The molecule has 2 nitrogen and oxygen atoms in total. The molecule has 0 aromatic heterocycles. The van der Waals surface area contributed by atoms with Crippen LogP contribution in [0.2, 0.25) is 0 Å². The molecule has 72 valence electrons. The van der Waals surface area contributed by atoms with Gasteiger partial charge in [0.25, 0.3) is 0 Å². The second-order valence-electron chi connectivity index (χ2n) is 4.78. The average molecular weight is 171 g/mol. The Labute approximate surface area is 75.6 Å². The number of aliphatic hydroxyl groups excluding tert-OH is 1. The van der Waals surface area contributed by atoms with Crippen LogP contribution in [0.4, 0.5) is 0 Å². The van der Waals surface area contributed by atoms with Gasteiger partial charge in [-0.25, -0.2) is 0 Å². The molecular weight excluding hydrogens is 150 g/mol. The van der Waals surface area contributed by atoms with Gasteiger partial charge in [-0.05, 0) is 46.1 Å². The molecule has 0 spiro atoms. The second kappa shape index (κ2) is 3.75. The van der Waals surface area contributed by atoms with Gasteiger partial charge in [0.2, 0.25) is 0 Å². The molecule has 0 unspecified atom stereocenters. The largest absolute Gasteiger partial charge is 0.396 e. The van der Waals surface area contributed by atoms with Gasteiger partial charge in [-0.15, -0.1) is 0 Å². The van der Waals surface area contributed by atoms with Crippen molar-refractivity contribution in [1.82, 2.24) is 4.90 Å². The Morgan fingerprint density at radius 2 is 2.08 bits per heavy atom. The molecule has 1 aliphatic heterocycles. The molecule has 0 radical (unpaired) electrons. The fraction of sp³-hybridized carbons (Fsp3) is 1.00. The van der Waals surface area contributed by atoms with Crippen LogP contribution in [0.5, 0.6) is 0 Å². The number of likely N-dealkylation sites (tertiary alicyclic amines) is 1. The lowest BCUT2D eigenvalue weighted by molar-refractivity contribution is 0.163. The van der Waals surface area contributed by atoms with E-state index in [1.807, 2.05) is 0 Å². The molecule has 1 saturated heterocycles. The molecule has 1 heterocycles. The van der Waals surface area contributed by atoms with Crippen LogP contribution < -0.4 is 0 Å². The summed E-state index contributed by atoms with van der Waals surface area (Å²) in [5.74, 6) is 0.731. The van der Waals surface area contributed by atoms with Crippen LogP contribution in [0, 0.1) is 5.92 Å². The van der Waals surface area contributed by atoms with E-state index in [-0.39, 0.29) is 0 Å². The quantitative estimate of drug-likeness (QED) is 0.680. The summed E-state index contributed by atoms with van der Waals surface area (Å²) in [6, 6.07) is 0. The number of rotatable bonds is 2. The molecule has 0 bridgehead atoms. The minimum Gasteiger partial charge on any atom is -0.396 e. The smallest absolute Gasteiger partial charge is 0.0434 e. The first-order valence-electron chi connectivity index (χ1n) is 4.90. The van der Waals surface area contributed by atoms with Gasteiger partial charge in [0, 0.05) is 18.7 Å². The Bertz CT molecular complexity index is 139. The Balaban J connectivity index is 2.35. The lowest BCUT2D eigenvalue weighted by atomic mass is 10.0. The van der Waals surface area contributed by atoms with E-state index in [1.165, 1.54) is 19.5 Å². The van der Waals surface area contributed by atoms with Gasteiger partial charge < -0.3 is 5.11 Å². The molecule has 1 rings (SSSR count). The topological polar surface area (TPSA) is 23.5 Å². The molecular formula is C10H21NO. The van der Waals surface area contributed by atoms with Crippen LogP contribution in [0.1, 0.15) is 33.6 Å². The first-order chi connectivity index (χ1) is 5.54. The summed E-state index contributed by atoms with van der Waals surface area (Å²) in [6.45, 7) is 9.50. The van der Waals surface area contributed by atoms with E-state index in [2.05, 4.69) is 25.7 Å². The van der Waals surface area contributed by atoms with Crippen molar-refractivity contribution in [1.29, 1.82) is 0 Å². The Morgan fingerprint density at radius 3 is 2.50 bits per heavy atom. The molecule has 1 atom stereocenters. The minimum atomic E-state index is 0.310. The fourth-order valence-corrected chi connectivity index (χ4v) is 1.86. The van der Waals surface area contributed by atoms with E-state index >= 15 is 0 Å². The zero-order valence-corrected chi connectivity index (χ0v) is 8.51. The van der Waals surface area contributed by atoms with Crippen molar-refractivity contribution < 1.29 is 5.11 Å². The van der Waals surface area contributed by atoms with Crippen molar-refractivity contribution in [2.45, 2.75) is 39.2 Å². The summed E-state index contributed by atoms with van der Waals surface area (Å²) >= 11 is 0. The summed E-state index contributed by atoms with van der Waals surface area (Å²) in [5, 5.41) is 8.80. The summed E-state index contributed by atoms with van der Waals surface area (Å²) in [5.41, 5.74) is 0.310. The zero-order valence-electron chi connectivity index (χ0n) is 8.51. The van der Waals surface area contributed by atoms with Gasteiger partial charge in [0.05, 0.1) is 0 Å². The van der Waals surface area contributed by atoms with Crippen LogP contribution >= 0.6 is 0 Å². The molecule has 0 aromatic rings.